The minimum Gasteiger partial charge on any atom is -0.376 e. The minimum absolute atomic E-state index is 0.153. The van der Waals surface area contributed by atoms with Gasteiger partial charge in [-0.1, -0.05) is 18.2 Å². The Morgan fingerprint density at radius 2 is 1.96 bits per heavy atom. The lowest BCUT2D eigenvalue weighted by Gasteiger charge is -2.14. The fourth-order valence-corrected chi connectivity index (χ4v) is 2.36. The molecular formula is C16H22N4O3S. The Bertz CT molecular complexity index is 562. The number of nitrogens with one attached hydrogen (secondary N) is 4. The molecule has 1 heterocycles. The van der Waals surface area contributed by atoms with Crippen molar-refractivity contribution in [3.8, 4) is 0 Å². The van der Waals surface area contributed by atoms with E-state index in [1.54, 1.807) is 24.3 Å². The van der Waals surface area contributed by atoms with Crippen molar-refractivity contribution in [1.82, 2.24) is 21.5 Å². The van der Waals surface area contributed by atoms with Crippen LogP contribution in [0.2, 0.25) is 0 Å². The molecule has 1 unspecified atom stereocenters. The molecule has 0 saturated carbocycles. The summed E-state index contributed by atoms with van der Waals surface area (Å²) in [6.07, 6.45) is 2.41. The third-order valence-corrected chi connectivity index (χ3v) is 3.75. The van der Waals surface area contributed by atoms with E-state index in [1.807, 2.05) is 6.07 Å². The molecule has 1 atom stereocenters. The van der Waals surface area contributed by atoms with Crippen LogP contribution in [0.1, 0.15) is 29.6 Å². The smallest absolute Gasteiger partial charge is 0.251 e. The fourth-order valence-electron chi connectivity index (χ4n) is 2.23. The molecule has 4 N–H and O–H groups in total. The molecule has 0 spiro atoms. The van der Waals surface area contributed by atoms with Gasteiger partial charge in [0.15, 0.2) is 5.11 Å². The summed E-state index contributed by atoms with van der Waals surface area (Å²) in [6.45, 7) is 1.66. The Balaban J connectivity index is 1.54. The van der Waals surface area contributed by atoms with Crippen molar-refractivity contribution in [2.24, 2.45) is 0 Å². The lowest BCUT2D eigenvalue weighted by molar-refractivity contribution is -0.121. The molecule has 0 bridgehead atoms. The normalized spacial score (nSPS) is 16.2. The maximum Gasteiger partial charge on any atom is 0.251 e. The number of hydrogen-bond donors (Lipinski definition) is 4. The van der Waals surface area contributed by atoms with Gasteiger partial charge in [0.1, 0.15) is 0 Å². The summed E-state index contributed by atoms with van der Waals surface area (Å²) in [6, 6.07) is 8.85. The van der Waals surface area contributed by atoms with Crippen molar-refractivity contribution in [3.05, 3.63) is 35.9 Å². The lowest BCUT2D eigenvalue weighted by atomic mass is 10.2. The van der Waals surface area contributed by atoms with Crippen LogP contribution in [0.25, 0.3) is 0 Å². The molecule has 2 amide bonds. The summed E-state index contributed by atoms with van der Waals surface area (Å²) in [7, 11) is 0. The van der Waals surface area contributed by atoms with Crippen LogP contribution in [0.4, 0.5) is 0 Å². The van der Waals surface area contributed by atoms with Crippen molar-refractivity contribution in [2.75, 3.05) is 19.7 Å². The minimum atomic E-state index is -0.260. The van der Waals surface area contributed by atoms with E-state index >= 15 is 0 Å². The molecular weight excluding hydrogens is 328 g/mol. The number of amides is 2. The number of thiocarbonyl (C=S) groups is 1. The van der Waals surface area contributed by atoms with Crippen LogP contribution in [0, 0.1) is 0 Å². The standard InChI is InChI=1S/C16H22N4O3S/c21-14(8-9-17-15(22)12-5-2-1-3-6-12)19-20-16(24)18-11-13-7-4-10-23-13/h1-3,5-6,13H,4,7-11H2,(H,17,22)(H,19,21)(H2,18,20,24). The van der Waals surface area contributed by atoms with Gasteiger partial charge in [0.2, 0.25) is 5.91 Å². The Morgan fingerprint density at radius 1 is 1.17 bits per heavy atom. The van der Waals surface area contributed by atoms with Crippen LogP contribution in [0.5, 0.6) is 0 Å². The van der Waals surface area contributed by atoms with E-state index in [0.717, 1.165) is 19.4 Å². The van der Waals surface area contributed by atoms with E-state index in [9.17, 15) is 9.59 Å². The van der Waals surface area contributed by atoms with Crippen LogP contribution >= 0.6 is 12.2 Å². The molecule has 7 nitrogen and oxygen atoms in total. The van der Waals surface area contributed by atoms with E-state index in [0.29, 0.717) is 17.2 Å². The Kier molecular flexibility index (Phi) is 7.44. The zero-order chi connectivity index (χ0) is 17.2. The highest BCUT2D eigenvalue weighted by atomic mass is 32.1. The van der Waals surface area contributed by atoms with Gasteiger partial charge < -0.3 is 15.4 Å². The van der Waals surface area contributed by atoms with Crippen LogP contribution in [-0.4, -0.2) is 42.7 Å². The molecule has 0 aliphatic carbocycles. The number of hydrazine groups is 1. The number of ether oxygens (including phenoxy) is 1. The third kappa shape index (κ3) is 6.51. The van der Waals surface area contributed by atoms with Gasteiger partial charge in [0.25, 0.3) is 5.91 Å². The molecule has 1 aromatic carbocycles. The largest absolute Gasteiger partial charge is 0.376 e. The summed E-state index contributed by atoms with van der Waals surface area (Å²) in [5.74, 6) is -0.463. The highest BCUT2D eigenvalue weighted by molar-refractivity contribution is 7.80. The van der Waals surface area contributed by atoms with Gasteiger partial charge in [-0.15, -0.1) is 0 Å². The number of rotatable bonds is 6. The summed E-state index contributed by atoms with van der Waals surface area (Å²) in [4.78, 5) is 23.5. The van der Waals surface area contributed by atoms with E-state index in [-0.39, 0.29) is 30.9 Å². The monoisotopic (exact) mass is 350 g/mol. The third-order valence-electron chi connectivity index (χ3n) is 3.50. The molecule has 8 heteroatoms. The molecule has 2 rings (SSSR count). The van der Waals surface area contributed by atoms with E-state index in [4.69, 9.17) is 17.0 Å². The zero-order valence-corrected chi connectivity index (χ0v) is 14.2. The quantitative estimate of drug-likeness (QED) is 0.441. The van der Waals surface area contributed by atoms with Crippen molar-refractivity contribution in [1.29, 1.82) is 0 Å². The maximum absolute atomic E-state index is 11.8. The first-order valence-corrected chi connectivity index (χ1v) is 8.33. The number of carbonyl (C=O) groups is 2. The molecule has 24 heavy (non-hydrogen) atoms. The van der Waals surface area contributed by atoms with Gasteiger partial charge in [-0.05, 0) is 37.2 Å². The van der Waals surface area contributed by atoms with Gasteiger partial charge in [-0.25, -0.2) is 0 Å². The first kappa shape index (κ1) is 18.2. The van der Waals surface area contributed by atoms with E-state index in [2.05, 4.69) is 21.5 Å². The first-order chi connectivity index (χ1) is 11.6. The number of hydrogen-bond acceptors (Lipinski definition) is 4. The second-order valence-electron chi connectivity index (χ2n) is 5.39. The van der Waals surface area contributed by atoms with Crippen molar-refractivity contribution >= 4 is 29.1 Å². The van der Waals surface area contributed by atoms with Gasteiger partial charge in [-0.3, -0.25) is 20.4 Å². The van der Waals surface area contributed by atoms with Crippen molar-refractivity contribution < 1.29 is 14.3 Å². The Hall–Kier alpha value is -2.19. The average molecular weight is 350 g/mol. The maximum atomic E-state index is 11.8. The van der Waals surface area contributed by atoms with Gasteiger partial charge in [-0.2, -0.15) is 0 Å². The highest BCUT2D eigenvalue weighted by Crippen LogP contribution is 2.10. The number of benzene rings is 1. The number of carbonyl (C=O) groups excluding carboxylic acids is 2. The summed E-state index contributed by atoms with van der Waals surface area (Å²) < 4.78 is 5.46. The Morgan fingerprint density at radius 3 is 2.67 bits per heavy atom. The lowest BCUT2D eigenvalue weighted by Crippen LogP contribution is -2.48. The van der Waals surface area contributed by atoms with Crippen LogP contribution < -0.4 is 21.5 Å². The van der Waals surface area contributed by atoms with Gasteiger partial charge in [0, 0.05) is 31.7 Å². The SMILES string of the molecule is O=C(CCNC(=O)c1ccccc1)NNC(=S)NCC1CCCO1. The average Bonchev–Trinajstić information content (AvgIpc) is 3.12. The second kappa shape index (κ2) is 9.84. The molecule has 1 fully saturated rings. The molecule has 1 saturated heterocycles. The predicted octanol–water partition coefficient (Wildman–Crippen LogP) is 0.481. The van der Waals surface area contributed by atoms with Crippen molar-refractivity contribution in [3.63, 3.8) is 0 Å². The molecule has 1 aliphatic rings. The highest BCUT2D eigenvalue weighted by Gasteiger charge is 2.15. The van der Waals surface area contributed by atoms with Gasteiger partial charge in [0.05, 0.1) is 6.10 Å². The first-order valence-electron chi connectivity index (χ1n) is 7.92. The molecule has 0 radical (unpaired) electrons. The van der Waals surface area contributed by atoms with Crippen LogP contribution in [-0.2, 0) is 9.53 Å². The Labute approximate surface area is 146 Å². The fraction of sp³-hybridized carbons (Fsp3) is 0.438. The van der Waals surface area contributed by atoms with E-state index in [1.165, 1.54) is 0 Å². The van der Waals surface area contributed by atoms with Crippen LogP contribution in [0.3, 0.4) is 0 Å². The molecule has 1 aliphatic heterocycles. The topological polar surface area (TPSA) is 91.5 Å². The predicted molar refractivity (Wildman–Crippen MR) is 94.2 cm³/mol. The molecule has 1 aromatic rings. The summed E-state index contributed by atoms with van der Waals surface area (Å²) in [5, 5.41) is 6.01. The van der Waals surface area contributed by atoms with Crippen LogP contribution in [0.15, 0.2) is 30.3 Å². The molecule has 130 valence electrons. The second-order valence-corrected chi connectivity index (χ2v) is 5.80. The summed E-state index contributed by atoms with van der Waals surface area (Å²) in [5.41, 5.74) is 5.68. The summed E-state index contributed by atoms with van der Waals surface area (Å²) >= 11 is 5.06. The van der Waals surface area contributed by atoms with E-state index < -0.39 is 0 Å². The zero-order valence-electron chi connectivity index (χ0n) is 13.3. The van der Waals surface area contributed by atoms with Crippen molar-refractivity contribution in [2.45, 2.75) is 25.4 Å². The van der Waals surface area contributed by atoms with Gasteiger partial charge >= 0.3 is 0 Å². The molecule has 0 aromatic heterocycles.